The van der Waals surface area contributed by atoms with Crippen molar-refractivity contribution in [3.8, 4) is 0 Å². The molecule has 5 N–H and O–H groups in total. The van der Waals surface area contributed by atoms with Crippen LogP contribution in [0.1, 0.15) is 10.4 Å². The lowest BCUT2D eigenvalue weighted by Gasteiger charge is -2.08. The summed E-state index contributed by atoms with van der Waals surface area (Å²) in [5.41, 5.74) is 3.11. The van der Waals surface area contributed by atoms with E-state index in [0.29, 0.717) is 11.3 Å². The Balaban J connectivity index is 2.51. The second kappa shape index (κ2) is 6.28. The van der Waals surface area contributed by atoms with Crippen LogP contribution in [0.3, 0.4) is 0 Å². The lowest BCUT2D eigenvalue weighted by Crippen LogP contribution is -2.34. The van der Waals surface area contributed by atoms with Crippen molar-refractivity contribution < 1.29 is 13.2 Å². The average Bonchev–Trinajstić information content (AvgIpc) is 2.33. The topological polar surface area (TPSA) is 126 Å². The molecule has 9 heteroatoms. The molecular weight excluding hydrogens is 258 g/mol. The lowest BCUT2D eigenvalue weighted by molar-refractivity contribution is 0.0954. The van der Waals surface area contributed by atoms with E-state index in [1.165, 1.54) is 12.4 Å². The number of hydrogen-bond acceptors (Lipinski definition) is 6. The first kappa shape index (κ1) is 14.4. The predicted octanol–water partition coefficient (Wildman–Crippen LogP) is -1.35. The van der Waals surface area contributed by atoms with Gasteiger partial charge in [0.15, 0.2) is 0 Å². The van der Waals surface area contributed by atoms with Crippen LogP contribution >= 0.6 is 0 Å². The van der Waals surface area contributed by atoms with Gasteiger partial charge in [-0.3, -0.25) is 15.6 Å². The molecule has 0 spiro atoms. The molecule has 1 aromatic heterocycles. The van der Waals surface area contributed by atoms with Crippen LogP contribution < -0.4 is 21.3 Å². The Labute approximate surface area is 105 Å². The minimum Gasteiger partial charge on any atom is -0.351 e. The molecule has 0 aliphatic heterocycles. The summed E-state index contributed by atoms with van der Waals surface area (Å²) in [5.74, 6) is 4.87. The van der Waals surface area contributed by atoms with Gasteiger partial charge in [0, 0.05) is 25.5 Å². The van der Waals surface area contributed by atoms with Crippen molar-refractivity contribution in [2.75, 3.05) is 24.8 Å². The number of carbonyl (C=O) groups is 1. The molecule has 0 aliphatic rings. The zero-order chi connectivity index (χ0) is 13.6. The molecule has 0 atom stereocenters. The molecular formula is C9H15N5O3S. The Morgan fingerprint density at radius 2 is 2.17 bits per heavy atom. The third kappa shape index (κ3) is 4.65. The highest BCUT2D eigenvalue weighted by Crippen LogP contribution is 2.10. The molecule has 1 amide bonds. The van der Waals surface area contributed by atoms with E-state index in [2.05, 4.69) is 20.4 Å². The van der Waals surface area contributed by atoms with Crippen LogP contribution in [0.25, 0.3) is 0 Å². The fourth-order valence-electron chi connectivity index (χ4n) is 1.21. The number of amides is 1. The molecule has 0 radical (unpaired) electrons. The maximum absolute atomic E-state index is 11.7. The Bertz CT molecular complexity index is 517. The van der Waals surface area contributed by atoms with Gasteiger partial charge in [0.2, 0.25) is 10.0 Å². The van der Waals surface area contributed by atoms with Gasteiger partial charge in [-0.25, -0.2) is 13.1 Å². The molecule has 18 heavy (non-hydrogen) atoms. The predicted molar refractivity (Wildman–Crippen MR) is 67.2 cm³/mol. The smallest absolute Gasteiger partial charge is 0.255 e. The van der Waals surface area contributed by atoms with Crippen LogP contribution in [0.15, 0.2) is 18.5 Å². The van der Waals surface area contributed by atoms with Crippen LogP contribution in [0.2, 0.25) is 0 Å². The van der Waals surface area contributed by atoms with Crippen molar-refractivity contribution in [3.63, 3.8) is 0 Å². The number of hydrogen-bond donors (Lipinski definition) is 4. The van der Waals surface area contributed by atoms with Crippen molar-refractivity contribution in [3.05, 3.63) is 24.0 Å². The minimum atomic E-state index is -3.25. The monoisotopic (exact) mass is 273 g/mol. The highest BCUT2D eigenvalue weighted by molar-refractivity contribution is 7.88. The van der Waals surface area contributed by atoms with Gasteiger partial charge in [-0.1, -0.05) is 0 Å². The van der Waals surface area contributed by atoms with Gasteiger partial charge >= 0.3 is 0 Å². The molecule has 100 valence electrons. The molecule has 1 rings (SSSR count). The van der Waals surface area contributed by atoms with E-state index < -0.39 is 10.0 Å². The van der Waals surface area contributed by atoms with E-state index in [-0.39, 0.29) is 19.0 Å². The summed E-state index contributed by atoms with van der Waals surface area (Å²) >= 11 is 0. The molecule has 0 unspecified atom stereocenters. The summed E-state index contributed by atoms with van der Waals surface area (Å²) in [7, 11) is -3.25. The maximum atomic E-state index is 11.7. The number of pyridine rings is 1. The van der Waals surface area contributed by atoms with Gasteiger partial charge in [-0.15, -0.1) is 0 Å². The van der Waals surface area contributed by atoms with Gasteiger partial charge in [0.05, 0.1) is 17.5 Å². The summed E-state index contributed by atoms with van der Waals surface area (Å²) in [6, 6.07) is 1.56. The minimum absolute atomic E-state index is 0.121. The number of anilines is 1. The summed E-state index contributed by atoms with van der Waals surface area (Å²) in [6.45, 7) is 0.293. The van der Waals surface area contributed by atoms with Gasteiger partial charge < -0.3 is 10.7 Å². The van der Waals surface area contributed by atoms with Gasteiger partial charge in [0.25, 0.3) is 5.91 Å². The number of nitrogens with zero attached hydrogens (tertiary/aromatic N) is 1. The first-order valence-corrected chi connectivity index (χ1v) is 6.96. The van der Waals surface area contributed by atoms with E-state index in [1.54, 1.807) is 6.07 Å². The Hall–Kier alpha value is -1.71. The number of nitrogens with two attached hydrogens (primary N) is 1. The standard InChI is InChI=1S/C9H15N5O3S/c1-18(16,17)13-5-4-12-9(15)7-6-11-3-2-8(7)14-10/h2-3,6,13H,4-5,10H2,1H3,(H,11,14)(H,12,15). The highest BCUT2D eigenvalue weighted by Gasteiger charge is 2.10. The first-order chi connectivity index (χ1) is 8.44. The second-order valence-electron chi connectivity index (χ2n) is 3.49. The van der Waals surface area contributed by atoms with Gasteiger partial charge in [0.1, 0.15) is 0 Å². The molecule has 0 saturated heterocycles. The molecule has 0 bridgehead atoms. The SMILES string of the molecule is CS(=O)(=O)NCCNC(=O)c1cnccc1NN. The second-order valence-corrected chi connectivity index (χ2v) is 5.32. The fourth-order valence-corrected chi connectivity index (χ4v) is 1.68. The molecule has 8 nitrogen and oxygen atoms in total. The summed E-state index contributed by atoms with van der Waals surface area (Å²) < 4.78 is 23.8. The van der Waals surface area contributed by atoms with Crippen molar-refractivity contribution in [2.45, 2.75) is 0 Å². The van der Waals surface area contributed by atoms with E-state index in [4.69, 9.17) is 5.84 Å². The lowest BCUT2D eigenvalue weighted by atomic mass is 10.2. The van der Waals surface area contributed by atoms with Crippen LogP contribution in [0.4, 0.5) is 5.69 Å². The van der Waals surface area contributed by atoms with E-state index in [0.717, 1.165) is 6.26 Å². The number of nitrogen functional groups attached to an aromatic ring is 1. The van der Waals surface area contributed by atoms with E-state index in [9.17, 15) is 13.2 Å². The normalized spacial score (nSPS) is 11.0. The van der Waals surface area contributed by atoms with Gasteiger partial charge in [-0.2, -0.15) is 0 Å². The number of nitrogens with one attached hydrogen (secondary N) is 3. The van der Waals surface area contributed by atoms with Crippen LogP contribution in [0.5, 0.6) is 0 Å². The van der Waals surface area contributed by atoms with E-state index in [1.807, 2.05) is 0 Å². The summed E-state index contributed by atoms with van der Waals surface area (Å²) in [4.78, 5) is 15.5. The quantitative estimate of drug-likeness (QED) is 0.288. The molecule has 0 aliphatic carbocycles. The van der Waals surface area contributed by atoms with Crippen molar-refractivity contribution >= 4 is 21.6 Å². The van der Waals surface area contributed by atoms with Crippen molar-refractivity contribution in [1.29, 1.82) is 0 Å². The number of aromatic nitrogens is 1. The molecule has 1 heterocycles. The Morgan fingerprint density at radius 3 is 2.78 bits per heavy atom. The average molecular weight is 273 g/mol. The van der Waals surface area contributed by atoms with Crippen molar-refractivity contribution in [2.24, 2.45) is 5.84 Å². The number of sulfonamides is 1. The zero-order valence-electron chi connectivity index (χ0n) is 9.80. The van der Waals surface area contributed by atoms with Gasteiger partial charge in [-0.05, 0) is 6.07 Å². The summed E-state index contributed by atoms with van der Waals surface area (Å²) in [5, 5.41) is 2.54. The largest absolute Gasteiger partial charge is 0.351 e. The fraction of sp³-hybridized carbons (Fsp3) is 0.333. The molecule has 0 aromatic carbocycles. The first-order valence-electron chi connectivity index (χ1n) is 5.07. The van der Waals surface area contributed by atoms with E-state index >= 15 is 0 Å². The number of carbonyl (C=O) groups excluding carboxylic acids is 1. The molecule has 1 aromatic rings. The van der Waals surface area contributed by atoms with Crippen LogP contribution in [-0.2, 0) is 10.0 Å². The third-order valence-corrected chi connectivity index (χ3v) is 2.72. The third-order valence-electron chi connectivity index (χ3n) is 2.00. The van der Waals surface area contributed by atoms with Crippen LogP contribution in [-0.4, -0.2) is 38.7 Å². The molecule has 0 fully saturated rings. The highest BCUT2D eigenvalue weighted by atomic mass is 32.2. The zero-order valence-corrected chi connectivity index (χ0v) is 10.6. The van der Waals surface area contributed by atoms with Crippen molar-refractivity contribution in [1.82, 2.24) is 15.0 Å². The maximum Gasteiger partial charge on any atom is 0.255 e. The summed E-state index contributed by atoms with van der Waals surface area (Å²) in [6.07, 6.45) is 3.91. The number of rotatable bonds is 6. The Kier molecular flexibility index (Phi) is 5.01. The Morgan fingerprint density at radius 1 is 1.44 bits per heavy atom. The van der Waals surface area contributed by atoms with Crippen LogP contribution in [0, 0.1) is 0 Å². The molecule has 0 saturated carbocycles. The number of hydrazine groups is 1.